The van der Waals surface area contributed by atoms with Crippen LogP contribution in [0.15, 0.2) is 18.2 Å². The molecule has 2 amide bonds. The van der Waals surface area contributed by atoms with Crippen LogP contribution in [-0.2, 0) is 0 Å². The standard InChI is InChI=1S/C20H32N8O2/c1-15-23-24-25-28(15)17-14-16(6-7-18(17)30-5)21-19(29)22-20(2,3)8-9-27-12-10-26(4)11-13-27/h6-7,14H,8-13H2,1-5H3,(H2,21,22,29). The van der Waals surface area contributed by atoms with Gasteiger partial charge in [0.2, 0.25) is 0 Å². The molecule has 1 aromatic heterocycles. The smallest absolute Gasteiger partial charge is 0.319 e. The zero-order valence-corrected chi connectivity index (χ0v) is 18.5. The van der Waals surface area contributed by atoms with Crippen LogP contribution in [0.3, 0.4) is 0 Å². The number of urea groups is 1. The fraction of sp³-hybridized carbons (Fsp3) is 0.600. The molecule has 164 valence electrons. The van der Waals surface area contributed by atoms with E-state index in [1.54, 1.807) is 36.9 Å². The summed E-state index contributed by atoms with van der Waals surface area (Å²) >= 11 is 0. The Morgan fingerprint density at radius 2 is 1.97 bits per heavy atom. The van der Waals surface area contributed by atoms with E-state index in [4.69, 9.17) is 4.74 Å². The van der Waals surface area contributed by atoms with Gasteiger partial charge in [-0.25, -0.2) is 4.79 Å². The van der Waals surface area contributed by atoms with E-state index in [0.717, 1.165) is 39.1 Å². The van der Waals surface area contributed by atoms with Crippen LogP contribution in [0.2, 0.25) is 0 Å². The number of methoxy groups -OCH3 is 1. The van der Waals surface area contributed by atoms with Crippen molar-refractivity contribution in [2.24, 2.45) is 0 Å². The summed E-state index contributed by atoms with van der Waals surface area (Å²) in [4.78, 5) is 17.4. The lowest BCUT2D eigenvalue weighted by molar-refractivity contribution is 0.143. The molecule has 0 spiro atoms. The number of nitrogens with zero attached hydrogens (tertiary/aromatic N) is 6. The fourth-order valence-electron chi connectivity index (χ4n) is 3.43. The van der Waals surface area contributed by atoms with E-state index < -0.39 is 0 Å². The van der Waals surface area contributed by atoms with Gasteiger partial charge in [0.1, 0.15) is 11.4 Å². The van der Waals surface area contributed by atoms with E-state index in [1.165, 1.54) is 0 Å². The van der Waals surface area contributed by atoms with E-state index in [2.05, 4.69) is 43.0 Å². The largest absolute Gasteiger partial charge is 0.494 e. The average Bonchev–Trinajstić information content (AvgIpc) is 3.13. The Labute approximate surface area is 177 Å². The second kappa shape index (κ2) is 9.40. The highest BCUT2D eigenvalue weighted by atomic mass is 16.5. The first kappa shape index (κ1) is 22.0. The third-order valence-electron chi connectivity index (χ3n) is 5.39. The maximum Gasteiger partial charge on any atom is 0.319 e. The van der Waals surface area contributed by atoms with Crippen LogP contribution < -0.4 is 15.4 Å². The van der Waals surface area contributed by atoms with Crippen molar-refractivity contribution in [3.05, 3.63) is 24.0 Å². The number of aryl methyl sites for hydroxylation is 1. The second-order valence-corrected chi connectivity index (χ2v) is 8.38. The van der Waals surface area contributed by atoms with Crippen LogP contribution >= 0.6 is 0 Å². The molecule has 3 rings (SSSR count). The summed E-state index contributed by atoms with van der Waals surface area (Å²) in [5.74, 6) is 1.24. The summed E-state index contributed by atoms with van der Waals surface area (Å²) in [6.07, 6.45) is 0.877. The highest BCUT2D eigenvalue weighted by molar-refractivity contribution is 5.90. The molecule has 0 unspecified atom stereocenters. The van der Waals surface area contributed by atoms with Gasteiger partial charge in [-0.05, 0) is 62.9 Å². The molecule has 30 heavy (non-hydrogen) atoms. The number of ether oxygens (including phenoxy) is 1. The van der Waals surface area contributed by atoms with E-state index >= 15 is 0 Å². The summed E-state index contributed by atoms with van der Waals surface area (Å²) < 4.78 is 6.98. The Bertz CT molecular complexity index is 858. The zero-order chi connectivity index (χ0) is 21.7. The summed E-state index contributed by atoms with van der Waals surface area (Å²) in [5, 5.41) is 17.6. The minimum Gasteiger partial charge on any atom is -0.494 e. The van der Waals surface area contributed by atoms with E-state index in [0.29, 0.717) is 22.9 Å². The first-order valence-electron chi connectivity index (χ1n) is 10.2. The van der Waals surface area contributed by atoms with E-state index in [-0.39, 0.29) is 11.6 Å². The molecular weight excluding hydrogens is 384 g/mol. The molecule has 1 aliphatic rings. The number of tetrazole rings is 1. The molecule has 0 atom stereocenters. The van der Waals surface area contributed by atoms with Crippen LogP contribution in [0.5, 0.6) is 5.75 Å². The predicted molar refractivity (Wildman–Crippen MR) is 115 cm³/mol. The number of rotatable bonds is 7. The lowest BCUT2D eigenvalue weighted by Gasteiger charge is -2.35. The van der Waals surface area contributed by atoms with Gasteiger partial charge < -0.3 is 25.2 Å². The van der Waals surface area contributed by atoms with Gasteiger partial charge in [-0.3, -0.25) is 0 Å². The maximum atomic E-state index is 12.6. The number of carbonyl (C=O) groups excluding carboxylic acids is 1. The molecule has 2 aromatic rings. The number of aromatic nitrogens is 4. The highest BCUT2D eigenvalue weighted by Crippen LogP contribution is 2.26. The molecule has 1 aromatic carbocycles. The Kier molecular flexibility index (Phi) is 6.88. The molecular formula is C20H32N8O2. The molecule has 1 fully saturated rings. The summed E-state index contributed by atoms with van der Waals surface area (Å²) in [6.45, 7) is 11.2. The van der Waals surface area contributed by atoms with Gasteiger partial charge in [0.15, 0.2) is 5.82 Å². The third kappa shape index (κ3) is 5.67. The average molecular weight is 417 g/mol. The SMILES string of the molecule is COc1ccc(NC(=O)NC(C)(C)CCN2CCN(C)CC2)cc1-n1nnnc1C. The summed E-state index contributed by atoms with van der Waals surface area (Å²) in [5.41, 5.74) is 0.968. The number of benzene rings is 1. The minimum absolute atomic E-state index is 0.247. The third-order valence-corrected chi connectivity index (χ3v) is 5.39. The number of carbonyl (C=O) groups is 1. The van der Waals surface area contributed by atoms with Crippen molar-refractivity contribution in [3.8, 4) is 11.4 Å². The van der Waals surface area contributed by atoms with Gasteiger partial charge in [0, 0.05) is 44.0 Å². The number of hydrogen-bond donors (Lipinski definition) is 2. The van der Waals surface area contributed by atoms with Crippen LogP contribution in [0.1, 0.15) is 26.1 Å². The van der Waals surface area contributed by atoms with Crippen molar-refractivity contribution in [2.75, 3.05) is 52.2 Å². The first-order chi connectivity index (χ1) is 14.3. The number of hydrogen-bond acceptors (Lipinski definition) is 7. The lowest BCUT2D eigenvalue weighted by atomic mass is 10.0. The fourth-order valence-corrected chi connectivity index (χ4v) is 3.43. The summed E-state index contributed by atoms with van der Waals surface area (Å²) in [6, 6.07) is 5.12. The maximum absolute atomic E-state index is 12.6. The van der Waals surface area contributed by atoms with E-state index in [1.807, 2.05) is 13.8 Å². The van der Waals surface area contributed by atoms with Gasteiger partial charge in [0.25, 0.3) is 0 Å². The van der Waals surface area contributed by atoms with Crippen molar-refractivity contribution in [2.45, 2.75) is 32.7 Å². The van der Waals surface area contributed by atoms with E-state index in [9.17, 15) is 4.79 Å². The topological polar surface area (TPSA) is 100 Å². The predicted octanol–water partition coefficient (Wildman–Crippen LogP) is 1.52. The minimum atomic E-state index is -0.324. The number of nitrogens with one attached hydrogen (secondary N) is 2. The Balaban J connectivity index is 1.59. The number of likely N-dealkylation sites (N-methyl/N-ethyl adjacent to an activating group) is 1. The van der Waals surface area contributed by atoms with Crippen molar-refractivity contribution in [1.82, 2.24) is 35.3 Å². The number of piperazine rings is 1. The van der Waals surface area contributed by atoms with Crippen LogP contribution in [-0.4, -0.2) is 88.5 Å². The molecule has 1 saturated heterocycles. The Hall–Kier alpha value is -2.72. The zero-order valence-electron chi connectivity index (χ0n) is 18.5. The molecule has 10 heteroatoms. The molecule has 0 radical (unpaired) electrons. The number of anilines is 1. The quantitative estimate of drug-likeness (QED) is 0.706. The first-order valence-corrected chi connectivity index (χ1v) is 10.2. The Morgan fingerprint density at radius 3 is 2.60 bits per heavy atom. The van der Waals surface area contributed by atoms with Gasteiger partial charge in [0.05, 0.1) is 7.11 Å². The van der Waals surface area contributed by atoms with Crippen LogP contribution in [0.4, 0.5) is 10.5 Å². The van der Waals surface area contributed by atoms with Crippen LogP contribution in [0, 0.1) is 6.92 Å². The number of amides is 2. The van der Waals surface area contributed by atoms with Crippen molar-refractivity contribution < 1.29 is 9.53 Å². The van der Waals surface area contributed by atoms with Crippen molar-refractivity contribution in [1.29, 1.82) is 0 Å². The van der Waals surface area contributed by atoms with Crippen molar-refractivity contribution in [3.63, 3.8) is 0 Å². The molecule has 2 N–H and O–H groups in total. The Morgan fingerprint density at radius 1 is 1.23 bits per heavy atom. The monoisotopic (exact) mass is 416 g/mol. The molecule has 0 bridgehead atoms. The van der Waals surface area contributed by atoms with Gasteiger partial charge >= 0.3 is 6.03 Å². The highest BCUT2D eigenvalue weighted by Gasteiger charge is 2.23. The van der Waals surface area contributed by atoms with Crippen molar-refractivity contribution >= 4 is 11.7 Å². The van der Waals surface area contributed by atoms with Crippen LogP contribution in [0.25, 0.3) is 5.69 Å². The molecule has 0 saturated carbocycles. The molecule has 1 aliphatic heterocycles. The second-order valence-electron chi connectivity index (χ2n) is 8.38. The molecule has 0 aliphatic carbocycles. The lowest BCUT2D eigenvalue weighted by Crippen LogP contribution is -2.50. The van der Waals surface area contributed by atoms with Gasteiger partial charge in [-0.15, -0.1) is 5.10 Å². The van der Waals surface area contributed by atoms with Gasteiger partial charge in [-0.2, -0.15) is 4.68 Å². The van der Waals surface area contributed by atoms with Gasteiger partial charge in [-0.1, -0.05) is 0 Å². The summed E-state index contributed by atoms with van der Waals surface area (Å²) in [7, 11) is 3.74. The molecule has 2 heterocycles. The molecule has 10 nitrogen and oxygen atoms in total. The normalized spacial score (nSPS) is 15.8.